The second-order valence-electron chi connectivity index (χ2n) is 4.48. The largest absolute Gasteiger partial charge is 0.353 e. The number of rotatable bonds is 4. The van der Waals surface area contributed by atoms with Crippen LogP contribution in [0.1, 0.15) is 20.8 Å². The number of hydrogen-bond acceptors (Lipinski definition) is 3. The van der Waals surface area contributed by atoms with Crippen molar-refractivity contribution in [1.82, 2.24) is 15.3 Å². The van der Waals surface area contributed by atoms with E-state index in [1.54, 1.807) is 0 Å². The smallest absolute Gasteiger partial charge is 0.233 e. The summed E-state index contributed by atoms with van der Waals surface area (Å²) in [7, 11) is 0. The minimum Gasteiger partial charge on any atom is -0.353 e. The number of amides is 1. The van der Waals surface area contributed by atoms with Gasteiger partial charge in [-0.05, 0) is 32.9 Å². The minimum absolute atomic E-state index is 0.0375. The Kier molecular flexibility index (Phi) is 3.91. The molecule has 0 fully saturated rings. The van der Waals surface area contributed by atoms with Crippen molar-refractivity contribution in [2.45, 2.75) is 37.2 Å². The standard InChI is InChI=1S/C13H17N3OS/c1-8(2)14-12(17)9(3)18-13-15-10-6-4-5-7-11(10)16-13/h4-9H,1-3H3,(H,14,17)(H,15,16)/t9-/m1/s1. The lowest BCUT2D eigenvalue weighted by atomic mass is 10.3. The average molecular weight is 263 g/mol. The number of aromatic amines is 1. The van der Waals surface area contributed by atoms with Gasteiger partial charge in [0.05, 0.1) is 16.3 Å². The van der Waals surface area contributed by atoms with Crippen LogP contribution < -0.4 is 5.32 Å². The van der Waals surface area contributed by atoms with Crippen molar-refractivity contribution in [3.05, 3.63) is 24.3 Å². The van der Waals surface area contributed by atoms with Crippen molar-refractivity contribution < 1.29 is 4.79 Å². The van der Waals surface area contributed by atoms with Crippen molar-refractivity contribution in [2.24, 2.45) is 0 Å². The van der Waals surface area contributed by atoms with E-state index in [2.05, 4.69) is 15.3 Å². The third-order valence-corrected chi connectivity index (χ3v) is 3.44. The number of H-pyrrole nitrogens is 1. The number of carbonyl (C=O) groups is 1. The van der Waals surface area contributed by atoms with Crippen LogP contribution in [0, 0.1) is 0 Å². The first kappa shape index (κ1) is 13.0. The Morgan fingerprint density at radius 1 is 1.33 bits per heavy atom. The number of fused-ring (bicyclic) bond motifs is 1. The van der Waals surface area contributed by atoms with Gasteiger partial charge in [0.2, 0.25) is 5.91 Å². The number of nitrogens with zero attached hydrogens (tertiary/aromatic N) is 1. The van der Waals surface area contributed by atoms with E-state index < -0.39 is 0 Å². The van der Waals surface area contributed by atoms with Gasteiger partial charge in [-0.25, -0.2) is 4.98 Å². The van der Waals surface area contributed by atoms with Gasteiger partial charge in [0.25, 0.3) is 0 Å². The molecule has 4 nitrogen and oxygen atoms in total. The fourth-order valence-electron chi connectivity index (χ4n) is 1.61. The summed E-state index contributed by atoms with van der Waals surface area (Å²) in [5.74, 6) is 0.0375. The summed E-state index contributed by atoms with van der Waals surface area (Å²) in [6, 6.07) is 8.01. The molecule has 0 aliphatic heterocycles. The zero-order chi connectivity index (χ0) is 13.1. The maximum atomic E-state index is 11.8. The van der Waals surface area contributed by atoms with Crippen LogP contribution in [0.4, 0.5) is 0 Å². The monoisotopic (exact) mass is 263 g/mol. The quantitative estimate of drug-likeness (QED) is 0.834. The molecule has 18 heavy (non-hydrogen) atoms. The Hall–Kier alpha value is -1.49. The lowest BCUT2D eigenvalue weighted by Crippen LogP contribution is -2.35. The molecule has 96 valence electrons. The van der Waals surface area contributed by atoms with E-state index in [-0.39, 0.29) is 17.2 Å². The van der Waals surface area contributed by atoms with Gasteiger partial charge in [0, 0.05) is 6.04 Å². The first-order valence-corrected chi connectivity index (χ1v) is 6.86. The van der Waals surface area contributed by atoms with E-state index in [0.717, 1.165) is 16.2 Å². The van der Waals surface area contributed by atoms with E-state index in [1.807, 2.05) is 45.0 Å². The second kappa shape index (κ2) is 5.44. The Balaban J connectivity index is 2.06. The van der Waals surface area contributed by atoms with E-state index in [0.29, 0.717) is 0 Å². The van der Waals surface area contributed by atoms with Crippen molar-refractivity contribution in [3.63, 3.8) is 0 Å². The van der Waals surface area contributed by atoms with Crippen LogP contribution in [0.2, 0.25) is 0 Å². The van der Waals surface area contributed by atoms with E-state index in [9.17, 15) is 4.79 Å². The van der Waals surface area contributed by atoms with Crippen LogP contribution in [0.3, 0.4) is 0 Å². The molecule has 1 aromatic carbocycles. The third kappa shape index (κ3) is 3.04. The Morgan fingerprint density at radius 3 is 2.72 bits per heavy atom. The normalized spacial score (nSPS) is 12.9. The molecule has 0 unspecified atom stereocenters. The molecule has 0 aliphatic carbocycles. The number of aromatic nitrogens is 2. The molecule has 2 rings (SSSR count). The molecule has 0 bridgehead atoms. The van der Waals surface area contributed by atoms with Crippen molar-refractivity contribution in [3.8, 4) is 0 Å². The molecular weight excluding hydrogens is 246 g/mol. The van der Waals surface area contributed by atoms with E-state index in [1.165, 1.54) is 11.8 Å². The van der Waals surface area contributed by atoms with Crippen LogP contribution in [0.5, 0.6) is 0 Å². The number of nitrogens with one attached hydrogen (secondary N) is 2. The van der Waals surface area contributed by atoms with E-state index >= 15 is 0 Å². The Bertz CT molecular complexity index is 517. The second-order valence-corrected chi connectivity index (χ2v) is 5.81. The molecule has 1 amide bonds. The number of carbonyl (C=O) groups excluding carboxylic acids is 1. The molecular formula is C13H17N3OS. The van der Waals surface area contributed by atoms with Crippen LogP contribution in [-0.2, 0) is 4.79 Å². The molecule has 2 aromatic rings. The summed E-state index contributed by atoms with van der Waals surface area (Å²) >= 11 is 1.44. The summed E-state index contributed by atoms with van der Waals surface area (Å²) in [4.78, 5) is 19.4. The SMILES string of the molecule is CC(C)NC(=O)[C@@H](C)Sc1nc2ccccc2[nH]1. The molecule has 0 saturated heterocycles. The van der Waals surface area contributed by atoms with Crippen LogP contribution in [0.25, 0.3) is 11.0 Å². The number of para-hydroxylation sites is 2. The lowest BCUT2D eigenvalue weighted by Gasteiger charge is -2.12. The maximum Gasteiger partial charge on any atom is 0.233 e. The number of benzene rings is 1. The highest BCUT2D eigenvalue weighted by Gasteiger charge is 2.16. The third-order valence-electron chi connectivity index (χ3n) is 2.46. The van der Waals surface area contributed by atoms with Crippen LogP contribution in [0.15, 0.2) is 29.4 Å². The Labute approximate surface area is 111 Å². The van der Waals surface area contributed by atoms with Gasteiger partial charge in [-0.1, -0.05) is 23.9 Å². The average Bonchev–Trinajstić information content (AvgIpc) is 2.69. The molecule has 1 atom stereocenters. The maximum absolute atomic E-state index is 11.8. The number of hydrogen-bond donors (Lipinski definition) is 2. The Morgan fingerprint density at radius 2 is 2.06 bits per heavy atom. The first-order chi connectivity index (χ1) is 8.56. The van der Waals surface area contributed by atoms with E-state index in [4.69, 9.17) is 0 Å². The molecule has 0 radical (unpaired) electrons. The first-order valence-electron chi connectivity index (χ1n) is 5.98. The number of thioether (sulfide) groups is 1. The summed E-state index contributed by atoms with van der Waals surface area (Å²) in [5.41, 5.74) is 1.92. The zero-order valence-electron chi connectivity index (χ0n) is 10.7. The highest BCUT2D eigenvalue weighted by atomic mass is 32.2. The summed E-state index contributed by atoms with van der Waals surface area (Å²) in [6.45, 7) is 5.79. The molecule has 1 aromatic heterocycles. The highest BCUT2D eigenvalue weighted by molar-refractivity contribution is 8.00. The van der Waals surface area contributed by atoms with Crippen molar-refractivity contribution in [2.75, 3.05) is 0 Å². The van der Waals surface area contributed by atoms with Crippen LogP contribution in [-0.4, -0.2) is 27.2 Å². The molecule has 0 saturated carbocycles. The molecule has 2 N–H and O–H groups in total. The highest BCUT2D eigenvalue weighted by Crippen LogP contribution is 2.23. The van der Waals surface area contributed by atoms with Gasteiger partial charge in [-0.15, -0.1) is 0 Å². The van der Waals surface area contributed by atoms with Gasteiger partial charge in [-0.2, -0.15) is 0 Å². The van der Waals surface area contributed by atoms with Crippen molar-refractivity contribution >= 4 is 28.7 Å². The summed E-state index contributed by atoms with van der Waals surface area (Å²) < 4.78 is 0. The zero-order valence-corrected chi connectivity index (χ0v) is 11.5. The van der Waals surface area contributed by atoms with Crippen molar-refractivity contribution in [1.29, 1.82) is 0 Å². The van der Waals surface area contributed by atoms with Gasteiger partial charge >= 0.3 is 0 Å². The van der Waals surface area contributed by atoms with Gasteiger partial charge in [0.1, 0.15) is 0 Å². The fraction of sp³-hybridized carbons (Fsp3) is 0.385. The predicted molar refractivity (Wildman–Crippen MR) is 74.7 cm³/mol. The topological polar surface area (TPSA) is 57.8 Å². The van der Waals surface area contributed by atoms with Gasteiger partial charge in [0.15, 0.2) is 5.16 Å². The molecule has 0 aliphatic rings. The summed E-state index contributed by atoms with van der Waals surface area (Å²) in [6.07, 6.45) is 0. The summed E-state index contributed by atoms with van der Waals surface area (Å²) in [5, 5.41) is 3.52. The van der Waals surface area contributed by atoms with Gasteiger partial charge < -0.3 is 10.3 Å². The number of imidazole rings is 1. The predicted octanol–water partition coefficient (Wildman–Crippen LogP) is 2.57. The van der Waals surface area contributed by atoms with Gasteiger partial charge in [-0.3, -0.25) is 4.79 Å². The van der Waals surface area contributed by atoms with Crippen LogP contribution >= 0.6 is 11.8 Å². The molecule has 5 heteroatoms. The molecule has 1 heterocycles. The minimum atomic E-state index is -0.159. The molecule has 0 spiro atoms. The fourth-order valence-corrected chi connectivity index (χ4v) is 2.44. The lowest BCUT2D eigenvalue weighted by molar-refractivity contribution is -0.120.